The van der Waals surface area contributed by atoms with Crippen molar-refractivity contribution in [1.29, 1.82) is 0 Å². The summed E-state index contributed by atoms with van der Waals surface area (Å²) < 4.78 is 13.4. The summed E-state index contributed by atoms with van der Waals surface area (Å²) in [5.41, 5.74) is 0.913. The van der Waals surface area contributed by atoms with Crippen LogP contribution in [0, 0.1) is 6.92 Å². The third kappa shape index (κ3) is 3.54. The van der Waals surface area contributed by atoms with Crippen LogP contribution in [-0.2, 0) is 11.3 Å². The molecule has 4 rings (SSSR count). The molecule has 0 bridgehead atoms. The van der Waals surface area contributed by atoms with Gasteiger partial charge in [-0.2, -0.15) is 5.10 Å². The highest BCUT2D eigenvalue weighted by atomic mass is 32.1. The molecule has 0 radical (unpaired) electrons. The summed E-state index contributed by atoms with van der Waals surface area (Å²) in [6, 6.07) is 12.9. The highest BCUT2D eigenvalue weighted by molar-refractivity contribution is 7.21. The molecule has 4 aromatic rings. The van der Waals surface area contributed by atoms with Gasteiger partial charge in [-0.3, -0.25) is 9.48 Å². The van der Waals surface area contributed by atoms with Gasteiger partial charge in [0.25, 0.3) is 0 Å². The van der Waals surface area contributed by atoms with Crippen LogP contribution in [0.25, 0.3) is 10.1 Å². The van der Waals surface area contributed by atoms with Crippen molar-refractivity contribution in [1.82, 2.24) is 9.78 Å². The standard InChI is InChI=1S/C20H16N2O4S/c1-13-15-5-2-3-6-18(15)27-19(13)16(23)12-25-20(24)17-8-7-14(26-17)11-22-10-4-9-21-22/h2-10H,11-12H2,1H3. The fourth-order valence-corrected chi connectivity index (χ4v) is 3.97. The van der Waals surface area contributed by atoms with Crippen LogP contribution in [0.4, 0.5) is 0 Å². The zero-order chi connectivity index (χ0) is 18.8. The van der Waals surface area contributed by atoms with Crippen LogP contribution in [-0.4, -0.2) is 28.1 Å². The Hall–Kier alpha value is -3.19. The third-order valence-corrected chi connectivity index (χ3v) is 5.49. The number of aryl methyl sites for hydroxylation is 1. The second kappa shape index (κ2) is 7.20. The van der Waals surface area contributed by atoms with Gasteiger partial charge in [-0.25, -0.2) is 4.79 Å². The fraction of sp³-hybridized carbons (Fsp3) is 0.150. The van der Waals surface area contributed by atoms with Gasteiger partial charge in [-0.15, -0.1) is 11.3 Å². The van der Waals surface area contributed by atoms with Gasteiger partial charge in [0, 0.05) is 17.1 Å². The molecule has 7 heteroatoms. The van der Waals surface area contributed by atoms with E-state index in [-0.39, 0.29) is 18.2 Å². The van der Waals surface area contributed by atoms with Crippen molar-refractivity contribution in [3.05, 3.63) is 76.8 Å². The number of hydrogen-bond donors (Lipinski definition) is 0. The van der Waals surface area contributed by atoms with Crippen molar-refractivity contribution in [3.63, 3.8) is 0 Å². The van der Waals surface area contributed by atoms with Crippen LogP contribution in [0.2, 0.25) is 0 Å². The van der Waals surface area contributed by atoms with Gasteiger partial charge in [0.05, 0.1) is 11.4 Å². The lowest BCUT2D eigenvalue weighted by atomic mass is 10.1. The Morgan fingerprint density at radius 2 is 2.04 bits per heavy atom. The number of esters is 1. The van der Waals surface area contributed by atoms with Gasteiger partial charge in [0.15, 0.2) is 6.61 Å². The molecule has 0 aliphatic rings. The van der Waals surface area contributed by atoms with E-state index in [4.69, 9.17) is 9.15 Å². The van der Waals surface area contributed by atoms with E-state index in [1.165, 1.54) is 17.4 Å². The largest absolute Gasteiger partial charge is 0.452 e. The number of nitrogens with zero attached hydrogens (tertiary/aromatic N) is 2. The number of ether oxygens (including phenoxy) is 1. The van der Waals surface area contributed by atoms with E-state index in [1.807, 2.05) is 31.2 Å². The van der Waals surface area contributed by atoms with E-state index < -0.39 is 5.97 Å². The first-order valence-electron chi connectivity index (χ1n) is 8.36. The van der Waals surface area contributed by atoms with Crippen LogP contribution < -0.4 is 0 Å². The molecule has 0 aliphatic carbocycles. The summed E-state index contributed by atoms with van der Waals surface area (Å²) in [5, 5.41) is 5.13. The zero-order valence-electron chi connectivity index (χ0n) is 14.5. The van der Waals surface area contributed by atoms with Crippen LogP contribution in [0.1, 0.15) is 31.6 Å². The van der Waals surface area contributed by atoms with Crippen molar-refractivity contribution in [3.8, 4) is 0 Å². The topological polar surface area (TPSA) is 74.3 Å². The van der Waals surface area contributed by atoms with E-state index in [0.29, 0.717) is 17.2 Å². The summed E-state index contributed by atoms with van der Waals surface area (Å²) >= 11 is 1.41. The number of benzene rings is 1. The highest BCUT2D eigenvalue weighted by Crippen LogP contribution is 2.30. The van der Waals surface area contributed by atoms with Crippen LogP contribution in [0.3, 0.4) is 0 Å². The number of thiophene rings is 1. The molecule has 0 N–H and O–H groups in total. The Labute approximate surface area is 159 Å². The summed E-state index contributed by atoms with van der Waals surface area (Å²) in [4.78, 5) is 25.3. The van der Waals surface area contributed by atoms with E-state index in [2.05, 4.69) is 5.10 Å². The van der Waals surface area contributed by atoms with Crippen LogP contribution in [0.5, 0.6) is 0 Å². The minimum atomic E-state index is -0.658. The predicted molar refractivity (Wildman–Crippen MR) is 101 cm³/mol. The zero-order valence-corrected chi connectivity index (χ0v) is 15.4. The number of ketones is 1. The first-order valence-corrected chi connectivity index (χ1v) is 9.18. The van der Waals surface area contributed by atoms with Crippen molar-refractivity contribution >= 4 is 33.2 Å². The molecule has 0 aliphatic heterocycles. The highest BCUT2D eigenvalue weighted by Gasteiger charge is 2.19. The number of furan rings is 1. The molecular formula is C20H16N2O4S. The first kappa shape index (κ1) is 17.2. The summed E-state index contributed by atoms with van der Waals surface area (Å²) in [5.74, 6) is -0.227. The molecule has 3 aromatic heterocycles. The maximum atomic E-state index is 12.5. The number of carbonyl (C=O) groups is 2. The summed E-state index contributed by atoms with van der Waals surface area (Å²) in [6.07, 6.45) is 3.46. The summed E-state index contributed by atoms with van der Waals surface area (Å²) in [6.45, 7) is 2.00. The predicted octanol–water partition coefficient (Wildman–Crippen LogP) is 4.09. The second-order valence-corrected chi connectivity index (χ2v) is 7.07. The molecule has 0 saturated carbocycles. The lowest BCUT2D eigenvalue weighted by molar-refractivity contribution is 0.0443. The van der Waals surface area contributed by atoms with E-state index in [9.17, 15) is 9.59 Å². The SMILES string of the molecule is Cc1c(C(=O)COC(=O)c2ccc(Cn3cccn3)o2)sc2ccccc12. The Kier molecular flexibility index (Phi) is 4.60. The van der Waals surface area contributed by atoms with Crippen molar-refractivity contribution in [2.75, 3.05) is 6.61 Å². The molecule has 0 amide bonds. The Bertz CT molecular complexity index is 1110. The van der Waals surface area contributed by atoms with E-state index in [0.717, 1.165) is 15.6 Å². The minimum Gasteiger partial charge on any atom is -0.452 e. The molecule has 0 fully saturated rings. The van der Waals surface area contributed by atoms with E-state index in [1.54, 1.807) is 29.2 Å². The smallest absolute Gasteiger partial charge is 0.374 e. The van der Waals surface area contributed by atoms with Gasteiger partial charge in [-0.05, 0) is 42.1 Å². The van der Waals surface area contributed by atoms with Crippen LogP contribution >= 0.6 is 11.3 Å². The maximum Gasteiger partial charge on any atom is 0.374 e. The lowest BCUT2D eigenvalue weighted by Gasteiger charge is -2.02. The molecule has 3 heterocycles. The average Bonchev–Trinajstić information content (AvgIpc) is 3.41. The van der Waals surface area contributed by atoms with Gasteiger partial charge in [-0.1, -0.05) is 18.2 Å². The molecule has 136 valence electrons. The normalized spacial score (nSPS) is 11.0. The summed E-state index contributed by atoms with van der Waals surface area (Å²) in [7, 11) is 0. The number of fused-ring (bicyclic) bond motifs is 1. The van der Waals surface area contributed by atoms with Gasteiger partial charge >= 0.3 is 5.97 Å². The molecule has 0 unspecified atom stereocenters. The number of carbonyl (C=O) groups excluding carboxylic acids is 2. The number of hydrogen-bond acceptors (Lipinski definition) is 6. The van der Waals surface area contributed by atoms with Gasteiger partial charge < -0.3 is 9.15 Å². The Morgan fingerprint density at radius 1 is 1.19 bits per heavy atom. The minimum absolute atomic E-state index is 0.0676. The maximum absolute atomic E-state index is 12.5. The fourth-order valence-electron chi connectivity index (χ4n) is 2.83. The van der Waals surface area contributed by atoms with Crippen molar-refractivity contribution in [2.45, 2.75) is 13.5 Å². The molecule has 0 saturated heterocycles. The molecule has 1 aromatic carbocycles. The Morgan fingerprint density at radius 3 is 2.81 bits per heavy atom. The van der Waals surface area contributed by atoms with E-state index >= 15 is 0 Å². The molecule has 0 spiro atoms. The molecule has 0 atom stereocenters. The molecule has 27 heavy (non-hydrogen) atoms. The van der Waals surface area contributed by atoms with Crippen LogP contribution in [0.15, 0.2) is 59.3 Å². The lowest BCUT2D eigenvalue weighted by Crippen LogP contribution is -2.13. The monoisotopic (exact) mass is 380 g/mol. The number of Topliss-reactive ketones (excluding diaryl/α,β-unsaturated/α-hetero) is 1. The first-order chi connectivity index (χ1) is 13.1. The van der Waals surface area contributed by atoms with Gasteiger partial charge in [0.1, 0.15) is 5.76 Å². The van der Waals surface area contributed by atoms with Crippen molar-refractivity contribution in [2.24, 2.45) is 0 Å². The third-order valence-electron chi connectivity index (χ3n) is 4.17. The average molecular weight is 380 g/mol. The molecule has 6 nitrogen and oxygen atoms in total. The van der Waals surface area contributed by atoms with Crippen molar-refractivity contribution < 1.29 is 18.7 Å². The quantitative estimate of drug-likeness (QED) is 0.372. The number of aromatic nitrogens is 2. The number of rotatable bonds is 6. The van der Waals surface area contributed by atoms with Gasteiger partial charge in [0.2, 0.25) is 11.5 Å². The Balaban J connectivity index is 1.40. The molecular weight excluding hydrogens is 364 g/mol. The second-order valence-electron chi connectivity index (χ2n) is 6.02.